The van der Waals surface area contributed by atoms with Crippen LogP contribution in [0.25, 0.3) is 11.1 Å². The van der Waals surface area contributed by atoms with Crippen LogP contribution >= 0.6 is 0 Å². The van der Waals surface area contributed by atoms with Crippen LogP contribution in [-0.4, -0.2) is 5.16 Å². The summed E-state index contributed by atoms with van der Waals surface area (Å²) in [5, 5.41) is 3.19. The Labute approximate surface area is 95.0 Å². The van der Waals surface area contributed by atoms with Gasteiger partial charge in [0.05, 0.1) is 5.56 Å². The number of nitrogens with two attached hydrogens (primary N) is 1. The zero-order chi connectivity index (χ0) is 12.6. The van der Waals surface area contributed by atoms with Crippen LogP contribution in [0, 0.1) is 5.82 Å². The summed E-state index contributed by atoms with van der Waals surface area (Å²) in [6.07, 6.45) is 0. The standard InChI is InChI=1S/C11H9F3N2O/c1-11(13,14)9-8(10(15)17-16-9)6-4-2-3-5-7(6)12/h2-5H,15H2,1H3. The highest BCUT2D eigenvalue weighted by Gasteiger charge is 2.35. The predicted octanol–water partition coefficient (Wildman–Crippen LogP) is 3.17. The third-order valence-electron chi connectivity index (χ3n) is 2.28. The average Bonchev–Trinajstić information content (AvgIpc) is 2.60. The first-order valence-corrected chi connectivity index (χ1v) is 4.79. The van der Waals surface area contributed by atoms with Crippen molar-refractivity contribution in [1.82, 2.24) is 5.16 Å². The maximum Gasteiger partial charge on any atom is 0.291 e. The van der Waals surface area contributed by atoms with E-state index in [1.165, 1.54) is 18.2 Å². The lowest BCUT2D eigenvalue weighted by molar-refractivity contribution is 0.0103. The van der Waals surface area contributed by atoms with E-state index in [0.29, 0.717) is 6.92 Å². The lowest BCUT2D eigenvalue weighted by Crippen LogP contribution is -2.09. The largest absolute Gasteiger partial charge is 0.367 e. The molecular formula is C11H9F3N2O. The van der Waals surface area contributed by atoms with Crippen LogP contribution in [0.3, 0.4) is 0 Å². The molecule has 0 saturated heterocycles. The number of rotatable bonds is 2. The van der Waals surface area contributed by atoms with Crippen LogP contribution in [0.15, 0.2) is 28.8 Å². The SMILES string of the molecule is CC(F)(F)c1noc(N)c1-c1ccccc1F. The molecule has 2 N–H and O–H groups in total. The van der Waals surface area contributed by atoms with E-state index in [1.54, 1.807) is 0 Å². The molecule has 17 heavy (non-hydrogen) atoms. The second-order valence-corrected chi connectivity index (χ2v) is 3.64. The molecule has 1 aromatic carbocycles. The van der Waals surface area contributed by atoms with E-state index in [9.17, 15) is 13.2 Å². The second kappa shape index (κ2) is 3.80. The van der Waals surface area contributed by atoms with Gasteiger partial charge >= 0.3 is 0 Å². The molecule has 0 bridgehead atoms. The smallest absolute Gasteiger partial charge is 0.291 e. The number of aromatic nitrogens is 1. The zero-order valence-corrected chi connectivity index (χ0v) is 8.88. The lowest BCUT2D eigenvalue weighted by Gasteiger charge is -2.09. The van der Waals surface area contributed by atoms with Crippen molar-refractivity contribution < 1.29 is 17.7 Å². The van der Waals surface area contributed by atoms with Gasteiger partial charge < -0.3 is 10.3 Å². The number of alkyl halides is 2. The summed E-state index contributed by atoms with van der Waals surface area (Å²) in [7, 11) is 0. The van der Waals surface area contributed by atoms with Gasteiger partial charge in [-0.2, -0.15) is 8.78 Å². The van der Waals surface area contributed by atoms with Gasteiger partial charge in [-0.1, -0.05) is 23.4 Å². The molecule has 0 aliphatic carbocycles. The van der Waals surface area contributed by atoms with Gasteiger partial charge in [0.25, 0.3) is 5.92 Å². The Bertz CT molecular complexity index is 546. The monoisotopic (exact) mass is 242 g/mol. The van der Waals surface area contributed by atoms with Crippen LogP contribution in [0.2, 0.25) is 0 Å². The highest BCUT2D eigenvalue weighted by atomic mass is 19.3. The van der Waals surface area contributed by atoms with Gasteiger partial charge in [-0.25, -0.2) is 4.39 Å². The van der Waals surface area contributed by atoms with E-state index in [0.717, 1.165) is 6.07 Å². The summed E-state index contributed by atoms with van der Waals surface area (Å²) in [4.78, 5) is 0. The summed E-state index contributed by atoms with van der Waals surface area (Å²) < 4.78 is 44.5. The van der Waals surface area contributed by atoms with Gasteiger partial charge in [-0.3, -0.25) is 0 Å². The maximum absolute atomic E-state index is 13.5. The molecule has 2 aromatic rings. The number of hydrogen-bond acceptors (Lipinski definition) is 3. The van der Waals surface area contributed by atoms with Crippen molar-refractivity contribution in [2.75, 3.05) is 5.73 Å². The summed E-state index contributed by atoms with van der Waals surface area (Å²) in [5.41, 5.74) is 4.49. The number of halogens is 3. The lowest BCUT2D eigenvalue weighted by atomic mass is 10.0. The summed E-state index contributed by atoms with van der Waals surface area (Å²) in [6, 6.07) is 5.46. The van der Waals surface area contributed by atoms with Crippen LogP contribution in [0.4, 0.5) is 19.1 Å². The maximum atomic E-state index is 13.5. The van der Waals surface area contributed by atoms with Crippen molar-refractivity contribution in [2.24, 2.45) is 0 Å². The molecule has 0 radical (unpaired) electrons. The molecule has 3 nitrogen and oxygen atoms in total. The molecule has 2 rings (SSSR count). The minimum absolute atomic E-state index is 0.0530. The molecule has 0 aliphatic rings. The van der Waals surface area contributed by atoms with Crippen molar-refractivity contribution >= 4 is 5.88 Å². The van der Waals surface area contributed by atoms with E-state index >= 15 is 0 Å². The second-order valence-electron chi connectivity index (χ2n) is 3.64. The van der Waals surface area contributed by atoms with Crippen molar-refractivity contribution in [3.05, 3.63) is 35.8 Å². The number of anilines is 1. The Hall–Kier alpha value is -1.98. The van der Waals surface area contributed by atoms with Gasteiger partial charge in [0.1, 0.15) is 5.82 Å². The molecule has 0 atom stereocenters. The molecule has 0 amide bonds. The van der Waals surface area contributed by atoms with Gasteiger partial charge in [-0.15, -0.1) is 0 Å². The Kier molecular flexibility index (Phi) is 2.57. The van der Waals surface area contributed by atoms with Crippen LogP contribution in [-0.2, 0) is 5.92 Å². The molecule has 1 aromatic heterocycles. The number of nitrogens with zero attached hydrogens (tertiary/aromatic N) is 1. The quantitative estimate of drug-likeness (QED) is 0.879. The van der Waals surface area contributed by atoms with Gasteiger partial charge in [0.2, 0.25) is 5.88 Å². The van der Waals surface area contributed by atoms with Crippen molar-refractivity contribution in [2.45, 2.75) is 12.8 Å². The molecule has 0 fully saturated rings. The fraction of sp³-hybridized carbons (Fsp3) is 0.182. The molecular weight excluding hydrogens is 233 g/mol. The van der Waals surface area contributed by atoms with E-state index in [-0.39, 0.29) is 17.0 Å². The third kappa shape index (κ3) is 1.98. The Balaban J connectivity index is 2.68. The van der Waals surface area contributed by atoms with E-state index in [4.69, 9.17) is 5.73 Å². The molecule has 0 aliphatic heterocycles. The van der Waals surface area contributed by atoms with Crippen LogP contribution in [0.1, 0.15) is 12.6 Å². The minimum Gasteiger partial charge on any atom is -0.367 e. The van der Waals surface area contributed by atoms with E-state index in [1.807, 2.05) is 0 Å². The molecule has 1 heterocycles. The van der Waals surface area contributed by atoms with Crippen LogP contribution < -0.4 is 5.73 Å². The highest BCUT2D eigenvalue weighted by Crippen LogP contribution is 2.39. The first-order valence-electron chi connectivity index (χ1n) is 4.79. The first kappa shape index (κ1) is 11.5. The predicted molar refractivity (Wildman–Crippen MR) is 55.9 cm³/mol. The number of nitrogen functional groups attached to an aromatic ring is 1. The van der Waals surface area contributed by atoms with Crippen molar-refractivity contribution in [1.29, 1.82) is 0 Å². The Morgan fingerprint density at radius 1 is 1.29 bits per heavy atom. The van der Waals surface area contributed by atoms with E-state index < -0.39 is 17.4 Å². The van der Waals surface area contributed by atoms with Gasteiger partial charge in [0.15, 0.2) is 5.69 Å². The van der Waals surface area contributed by atoms with Crippen molar-refractivity contribution in [3.63, 3.8) is 0 Å². The summed E-state index contributed by atoms with van der Waals surface area (Å²) >= 11 is 0. The summed E-state index contributed by atoms with van der Waals surface area (Å²) in [5.74, 6) is -4.24. The van der Waals surface area contributed by atoms with E-state index in [2.05, 4.69) is 9.68 Å². The summed E-state index contributed by atoms with van der Waals surface area (Å²) in [6.45, 7) is 0.647. The van der Waals surface area contributed by atoms with Crippen molar-refractivity contribution in [3.8, 4) is 11.1 Å². The Morgan fingerprint density at radius 2 is 1.94 bits per heavy atom. The Morgan fingerprint density at radius 3 is 2.53 bits per heavy atom. The van der Waals surface area contributed by atoms with Crippen LogP contribution in [0.5, 0.6) is 0 Å². The zero-order valence-electron chi connectivity index (χ0n) is 8.88. The molecule has 0 saturated carbocycles. The number of benzene rings is 1. The molecule has 0 unspecified atom stereocenters. The molecule has 90 valence electrons. The highest BCUT2D eigenvalue weighted by molar-refractivity contribution is 5.76. The normalized spacial score (nSPS) is 11.8. The number of hydrogen-bond donors (Lipinski definition) is 1. The molecule has 6 heteroatoms. The molecule has 0 spiro atoms. The third-order valence-corrected chi connectivity index (χ3v) is 2.28. The first-order chi connectivity index (χ1) is 7.91. The fourth-order valence-corrected chi connectivity index (χ4v) is 1.53. The minimum atomic E-state index is -3.25. The fourth-order valence-electron chi connectivity index (χ4n) is 1.53. The van der Waals surface area contributed by atoms with Gasteiger partial charge in [0, 0.05) is 12.5 Å². The van der Waals surface area contributed by atoms with Gasteiger partial charge in [-0.05, 0) is 6.07 Å². The average molecular weight is 242 g/mol. The topological polar surface area (TPSA) is 52.0 Å².